The molecule has 3 aromatic carbocycles. The van der Waals surface area contributed by atoms with Gasteiger partial charge in [-0.3, -0.25) is 9.36 Å². The van der Waals surface area contributed by atoms with Crippen molar-refractivity contribution in [2.45, 2.75) is 18.9 Å². The summed E-state index contributed by atoms with van der Waals surface area (Å²) in [4.78, 5) is 30.5. The van der Waals surface area contributed by atoms with E-state index in [4.69, 9.17) is 9.73 Å². The van der Waals surface area contributed by atoms with Gasteiger partial charge in [-0.15, -0.1) is 0 Å². The van der Waals surface area contributed by atoms with Crippen molar-refractivity contribution >= 4 is 29.1 Å². The molecule has 36 heavy (non-hydrogen) atoms. The summed E-state index contributed by atoms with van der Waals surface area (Å²) in [5.41, 5.74) is 6.01. The van der Waals surface area contributed by atoms with Gasteiger partial charge in [0, 0.05) is 11.1 Å². The lowest BCUT2D eigenvalue weighted by Crippen LogP contribution is -2.39. The lowest BCUT2D eigenvalue weighted by atomic mass is 9.83. The van der Waals surface area contributed by atoms with E-state index in [0.717, 1.165) is 46.6 Å². The van der Waals surface area contributed by atoms with Gasteiger partial charge in [0.25, 0.3) is 5.56 Å². The zero-order valence-corrected chi connectivity index (χ0v) is 20.2. The normalized spacial score (nSPS) is 16.6. The number of thiazole rings is 1. The van der Waals surface area contributed by atoms with Crippen LogP contribution in [-0.4, -0.2) is 17.6 Å². The van der Waals surface area contributed by atoms with Crippen molar-refractivity contribution in [2.24, 2.45) is 4.99 Å². The average Bonchev–Trinajstić information content (AvgIpc) is 3.22. The quantitative estimate of drug-likeness (QED) is 0.438. The van der Waals surface area contributed by atoms with E-state index >= 15 is 0 Å². The van der Waals surface area contributed by atoms with Gasteiger partial charge in [-0.25, -0.2) is 4.99 Å². The van der Waals surface area contributed by atoms with Crippen LogP contribution >= 0.6 is 11.3 Å². The van der Waals surface area contributed by atoms with Crippen molar-refractivity contribution in [3.8, 4) is 5.75 Å². The van der Waals surface area contributed by atoms with Crippen molar-refractivity contribution in [1.82, 2.24) is 4.57 Å². The molecule has 0 unspecified atom stereocenters. The topological polar surface area (TPSA) is 83.7 Å². The molecule has 2 aliphatic rings. The number of ether oxygens (including phenoxy) is 1. The minimum Gasteiger partial charge on any atom is -0.545 e. The van der Waals surface area contributed by atoms with Crippen LogP contribution in [0.2, 0.25) is 0 Å². The molecule has 0 amide bonds. The first-order chi connectivity index (χ1) is 17.5. The molecule has 0 N–H and O–H groups in total. The third kappa shape index (κ3) is 3.60. The number of fused-ring (bicyclic) bond motifs is 3. The second-order valence-electron chi connectivity index (χ2n) is 8.77. The second-order valence-corrected chi connectivity index (χ2v) is 9.77. The van der Waals surface area contributed by atoms with Crippen LogP contribution in [0.15, 0.2) is 88.2 Å². The van der Waals surface area contributed by atoms with Crippen LogP contribution in [0.1, 0.15) is 45.1 Å². The first-order valence-corrected chi connectivity index (χ1v) is 12.4. The summed E-state index contributed by atoms with van der Waals surface area (Å²) in [6.45, 7) is 0. The molecule has 1 atom stereocenters. The summed E-state index contributed by atoms with van der Waals surface area (Å²) in [5, 5.41) is 11.1. The number of carbonyl (C=O) groups excluding carboxylic acids is 1. The molecule has 4 aromatic rings. The molecule has 1 aliphatic heterocycles. The van der Waals surface area contributed by atoms with Gasteiger partial charge in [-0.1, -0.05) is 78.1 Å². The maximum atomic E-state index is 13.8. The van der Waals surface area contributed by atoms with E-state index in [2.05, 4.69) is 12.1 Å². The van der Waals surface area contributed by atoms with Gasteiger partial charge in [0.1, 0.15) is 5.75 Å². The Morgan fingerprint density at radius 1 is 1.06 bits per heavy atom. The van der Waals surface area contributed by atoms with Gasteiger partial charge >= 0.3 is 0 Å². The Kier molecular flexibility index (Phi) is 5.42. The molecule has 178 valence electrons. The summed E-state index contributed by atoms with van der Waals surface area (Å²) in [6, 6.07) is 22.1. The molecule has 0 bridgehead atoms. The fourth-order valence-corrected chi connectivity index (χ4v) is 6.06. The van der Waals surface area contributed by atoms with Crippen molar-refractivity contribution in [3.63, 3.8) is 0 Å². The number of carboxylic acids is 1. The Bertz CT molecular complexity index is 1730. The van der Waals surface area contributed by atoms with Gasteiger partial charge in [-0.2, -0.15) is 0 Å². The molecule has 6 rings (SSSR count). The highest BCUT2D eigenvalue weighted by Gasteiger charge is 2.33. The number of allylic oxidation sites excluding steroid dienone is 1. The number of nitrogens with zero attached hydrogens (tertiary/aromatic N) is 2. The summed E-state index contributed by atoms with van der Waals surface area (Å²) in [6.07, 6.45) is 3.46. The number of para-hydroxylation sites is 1. The van der Waals surface area contributed by atoms with E-state index in [0.29, 0.717) is 9.33 Å². The van der Waals surface area contributed by atoms with Gasteiger partial charge in [0.15, 0.2) is 4.80 Å². The highest BCUT2D eigenvalue weighted by Crippen LogP contribution is 2.43. The molecular formula is C29H21N2O4S-. The lowest BCUT2D eigenvalue weighted by molar-refractivity contribution is -0.255. The zero-order chi connectivity index (χ0) is 24.8. The molecule has 0 saturated heterocycles. The Balaban J connectivity index is 1.60. The number of carboxylic acid groups (broad SMARTS) is 1. The number of aromatic carboxylic acids is 1. The lowest BCUT2D eigenvalue weighted by Gasteiger charge is -2.31. The molecule has 0 radical (unpaired) electrons. The van der Waals surface area contributed by atoms with E-state index in [9.17, 15) is 14.7 Å². The Hall–Kier alpha value is -4.23. The Labute approximate surface area is 210 Å². The summed E-state index contributed by atoms with van der Waals surface area (Å²) >= 11 is 1.33. The van der Waals surface area contributed by atoms with E-state index in [-0.39, 0.29) is 17.2 Å². The third-order valence-corrected chi connectivity index (χ3v) is 7.73. The molecule has 0 spiro atoms. The second kappa shape index (κ2) is 8.77. The molecule has 0 saturated carbocycles. The highest BCUT2D eigenvalue weighted by molar-refractivity contribution is 7.07. The minimum absolute atomic E-state index is 0.0936. The van der Waals surface area contributed by atoms with E-state index in [1.165, 1.54) is 29.0 Å². The van der Waals surface area contributed by atoms with Gasteiger partial charge in [0.05, 0.1) is 29.4 Å². The van der Waals surface area contributed by atoms with E-state index < -0.39 is 5.97 Å². The van der Waals surface area contributed by atoms with Gasteiger partial charge in [-0.05, 0) is 47.2 Å². The van der Waals surface area contributed by atoms with Crippen molar-refractivity contribution in [3.05, 3.63) is 126 Å². The Morgan fingerprint density at radius 3 is 2.58 bits per heavy atom. The number of hydrogen-bond acceptors (Lipinski definition) is 6. The number of aromatic nitrogens is 1. The maximum absolute atomic E-state index is 13.8. The zero-order valence-electron chi connectivity index (χ0n) is 19.4. The number of carbonyl (C=O) groups is 1. The first kappa shape index (κ1) is 22.2. The Morgan fingerprint density at radius 2 is 1.81 bits per heavy atom. The average molecular weight is 494 g/mol. The van der Waals surface area contributed by atoms with Crippen LogP contribution in [0.25, 0.3) is 11.8 Å². The number of rotatable bonds is 4. The fourth-order valence-electron chi connectivity index (χ4n) is 5.06. The fraction of sp³-hybridized carbons (Fsp3) is 0.138. The number of hydrogen-bond donors (Lipinski definition) is 0. The van der Waals surface area contributed by atoms with Crippen LogP contribution in [0.5, 0.6) is 5.75 Å². The van der Waals surface area contributed by atoms with Gasteiger partial charge in [0.2, 0.25) is 0 Å². The van der Waals surface area contributed by atoms with Gasteiger partial charge < -0.3 is 14.6 Å². The molecule has 2 heterocycles. The molecular weight excluding hydrogens is 472 g/mol. The predicted molar refractivity (Wildman–Crippen MR) is 137 cm³/mol. The smallest absolute Gasteiger partial charge is 0.271 e. The molecule has 1 aliphatic carbocycles. The summed E-state index contributed by atoms with van der Waals surface area (Å²) in [5.74, 6) is -0.508. The molecule has 7 heteroatoms. The van der Waals surface area contributed by atoms with Crippen LogP contribution in [0.4, 0.5) is 0 Å². The van der Waals surface area contributed by atoms with E-state index in [1.807, 2.05) is 36.4 Å². The standard InChI is InChI=1S/C29H22N2O4S/c1-35-23-9-5-4-8-21(23)26-22-15-14-18-6-2-3-7-20(18)25(22)30-29-31(26)27(32)24(36-29)16-17-10-12-19(13-11-17)28(33)34/h2-13,16,26H,14-15H2,1H3,(H,33,34)/p-1/b24-16-/t26-/m0/s1. The number of methoxy groups -OCH3 is 1. The highest BCUT2D eigenvalue weighted by atomic mass is 32.1. The monoisotopic (exact) mass is 493 g/mol. The third-order valence-electron chi connectivity index (χ3n) is 6.75. The van der Waals surface area contributed by atoms with Crippen molar-refractivity contribution in [1.29, 1.82) is 0 Å². The maximum Gasteiger partial charge on any atom is 0.271 e. The van der Waals surface area contributed by atoms with Crippen LogP contribution < -0.4 is 24.7 Å². The van der Waals surface area contributed by atoms with Crippen LogP contribution in [0.3, 0.4) is 0 Å². The SMILES string of the molecule is COc1ccccc1[C@H]1C2=C(N=c3s/c(=C\c4ccc(C(=O)[O-])cc4)c(=O)n31)c1ccccc1CC2. The first-order valence-electron chi connectivity index (χ1n) is 11.6. The molecule has 0 fully saturated rings. The molecule has 1 aromatic heterocycles. The largest absolute Gasteiger partial charge is 0.545 e. The summed E-state index contributed by atoms with van der Waals surface area (Å²) < 4.78 is 8.01. The number of benzene rings is 3. The van der Waals surface area contributed by atoms with Crippen molar-refractivity contribution < 1.29 is 14.6 Å². The summed E-state index contributed by atoms with van der Waals surface area (Å²) in [7, 11) is 1.64. The number of aryl methyl sites for hydroxylation is 1. The van der Waals surface area contributed by atoms with Crippen molar-refractivity contribution in [2.75, 3.05) is 7.11 Å². The van der Waals surface area contributed by atoms with Crippen LogP contribution in [0, 0.1) is 0 Å². The minimum atomic E-state index is -1.23. The van der Waals surface area contributed by atoms with Crippen LogP contribution in [-0.2, 0) is 6.42 Å². The predicted octanol–water partition coefficient (Wildman–Crippen LogP) is 2.69. The van der Waals surface area contributed by atoms with E-state index in [1.54, 1.807) is 29.9 Å². The molecule has 6 nitrogen and oxygen atoms in total.